The van der Waals surface area contributed by atoms with Crippen molar-refractivity contribution in [2.75, 3.05) is 17.7 Å². The number of carbonyl (C=O) groups excluding carboxylic acids is 1. The number of allylic oxidation sites excluding steroid dienone is 1. The van der Waals surface area contributed by atoms with Crippen molar-refractivity contribution >= 4 is 56.8 Å². The van der Waals surface area contributed by atoms with Crippen LogP contribution in [0.5, 0.6) is 11.5 Å². The molecular formula is C36H33BrClN5O3S. The summed E-state index contributed by atoms with van der Waals surface area (Å²) in [6, 6.07) is 26.7. The molecule has 2 N–H and O–H groups in total. The number of halogens is 2. The fourth-order valence-corrected chi connectivity index (χ4v) is 7.10. The third-order valence-electron chi connectivity index (χ3n) is 7.99. The van der Waals surface area contributed by atoms with E-state index in [0.29, 0.717) is 55.7 Å². The predicted octanol–water partition coefficient (Wildman–Crippen LogP) is 9.12. The highest BCUT2D eigenvalue weighted by Gasteiger charge is 2.35. The standard InChI is InChI=1S/C36H33BrClN5O3S/c1-21-11-5-7-13-24(21)19-46-33-27(37)17-26(18-30(33)45-4)32-31(34(44)40-29-16-10-6-12-22(29)2)23(3)39-35-41-36(42-43(32)35)47-20-25-14-8-9-15-28(25)38/h5-18,32H,19-20H2,1-4H3,(H,40,44)(H,39,41,42). The van der Waals surface area contributed by atoms with Crippen molar-refractivity contribution in [3.05, 3.63) is 134 Å². The number of hydrogen-bond acceptors (Lipinski definition) is 7. The summed E-state index contributed by atoms with van der Waals surface area (Å²) in [5.41, 5.74) is 6.82. The lowest BCUT2D eigenvalue weighted by Gasteiger charge is -2.29. The number of anilines is 2. The van der Waals surface area contributed by atoms with Crippen LogP contribution in [0.15, 0.2) is 106 Å². The number of aryl methyl sites for hydroxylation is 2. The Labute approximate surface area is 291 Å². The van der Waals surface area contributed by atoms with E-state index in [1.807, 2.05) is 92.7 Å². The minimum atomic E-state index is -0.631. The molecule has 1 aliphatic rings. The highest BCUT2D eigenvalue weighted by atomic mass is 79.9. The van der Waals surface area contributed by atoms with E-state index < -0.39 is 6.04 Å². The number of ether oxygens (including phenoxy) is 2. The molecular weight excluding hydrogens is 698 g/mol. The number of para-hydroxylation sites is 1. The molecule has 2 heterocycles. The predicted molar refractivity (Wildman–Crippen MR) is 192 cm³/mol. The summed E-state index contributed by atoms with van der Waals surface area (Å²) in [7, 11) is 1.60. The van der Waals surface area contributed by atoms with E-state index in [9.17, 15) is 4.79 Å². The van der Waals surface area contributed by atoms with Crippen LogP contribution in [0.3, 0.4) is 0 Å². The van der Waals surface area contributed by atoms with Gasteiger partial charge >= 0.3 is 0 Å². The number of amides is 1. The van der Waals surface area contributed by atoms with Gasteiger partial charge in [-0.1, -0.05) is 84.0 Å². The Bertz CT molecular complexity index is 2000. The number of nitrogens with one attached hydrogen (secondary N) is 2. The number of rotatable bonds is 10. The molecule has 0 aliphatic carbocycles. The number of benzene rings is 4. The van der Waals surface area contributed by atoms with Crippen LogP contribution >= 0.6 is 39.3 Å². The topological polar surface area (TPSA) is 90.3 Å². The van der Waals surface area contributed by atoms with E-state index in [4.69, 9.17) is 31.2 Å². The van der Waals surface area contributed by atoms with E-state index in [2.05, 4.69) is 39.6 Å². The average Bonchev–Trinajstić information content (AvgIpc) is 3.46. The highest BCUT2D eigenvalue weighted by molar-refractivity contribution is 9.10. The molecule has 0 saturated heterocycles. The fraction of sp³-hybridized carbons (Fsp3) is 0.194. The molecule has 47 heavy (non-hydrogen) atoms. The van der Waals surface area contributed by atoms with Crippen LogP contribution < -0.4 is 20.1 Å². The molecule has 1 atom stereocenters. The van der Waals surface area contributed by atoms with Gasteiger partial charge < -0.3 is 20.1 Å². The molecule has 6 rings (SSSR count). The van der Waals surface area contributed by atoms with Gasteiger partial charge in [-0.2, -0.15) is 4.98 Å². The summed E-state index contributed by atoms with van der Waals surface area (Å²) >= 11 is 11.6. The van der Waals surface area contributed by atoms with Gasteiger partial charge in [-0.25, -0.2) is 4.68 Å². The van der Waals surface area contributed by atoms with Gasteiger partial charge in [-0.05, 0) is 88.8 Å². The average molecular weight is 731 g/mol. The van der Waals surface area contributed by atoms with Crippen LogP contribution in [-0.4, -0.2) is 27.8 Å². The zero-order chi connectivity index (χ0) is 33.1. The molecule has 4 aromatic carbocycles. The molecule has 0 bridgehead atoms. The first-order chi connectivity index (χ1) is 22.7. The van der Waals surface area contributed by atoms with Crippen molar-refractivity contribution < 1.29 is 14.3 Å². The first-order valence-corrected chi connectivity index (χ1v) is 17.1. The molecule has 5 aromatic rings. The van der Waals surface area contributed by atoms with Crippen LogP contribution in [0.25, 0.3) is 0 Å². The molecule has 1 aromatic heterocycles. The van der Waals surface area contributed by atoms with Gasteiger partial charge in [-0.15, -0.1) is 5.10 Å². The van der Waals surface area contributed by atoms with E-state index in [1.165, 1.54) is 11.8 Å². The van der Waals surface area contributed by atoms with Gasteiger partial charge in [0.25, 0.3) is 5.91 Å². The summed E-state index contributed by atoms with van der Waals surface area (Å²) in [4.78, 5) is 18.9. The van der Waals surface area contributed by atoms with Crippen LogP contribution in [0.1, 0.15) is 40.8 Å². The number of nitrogens with zero attached hydrogens (tertiary/aromatic N) is 3. The van der Waals surface area contributed by atoms with E-state index in [0.717, 1.165) is 33.5 Å². The maximum atomic E-state index is 14.1. The maximum absolute atomic E-state index is 14.1. The van der Waals surface area contributed by atoms with Gasteiger partial charge in [0.1, 0.15) is 12.6 Å². The number of carbonyl (C=O) groups is 1. The molecule has 1 amide bonds. The van der Waals surface area contributed by atoms with Crippen molar-refractivity contribution in [3.8, 4) is 11.5 Å². The first-order valence-electron chi connectivity index (χ1n) is 15.0. The zero-order valence-corrected chi connectivity index (χ0v) is 29.5. The van der Waals surface area contributed by atoms with Crippen LogP contribution in [0.4, 0.5) is 11.6 Å². The quantitative estimate of drug-likeness (QED) is 0.139. The summed E-state index contributed by atoms with van der Waals surface area (Å²) in [6.45, 7) is 6.26. The maximum Gasteiger partial charge on any atom is 0.255 e. The molecule has 8 nitrogen and oxygen atoms in total. The van der Waals surface area contributed by atoms with Crippen LogP contribution in [0, 0.1) is 13.8 Å². The fourth-order valence-electron chi connectivity index (χ4n) is 5.42. The van der Waals surface area contributed by atoms with Gasteiger partial charge in [0.05, 0.1) is 17.2 Å². The highest BCUT2D eigenvalue weighted by Crippen LogP contribution is 2.44. The lowest BCUT2D eigenvalue weighted by Crippen LogP contribution is -2.31. The number of thioether (sulfide) groups is 1. The molecule has 0 saturated carbocycles. The van der Waals surface area contributed by atoms with E-state index in [1.54, 1.807) is 11.8 Å². The molecule has 0 radical (unpaired) electrons. The smallest absolute Gasteiger partial charge is 0.255 e. The molecule has 0 fully saturated rings. The number of hydrogen-bond donors (Lipinski definition) is 2. The van der Waals surface area contributed by atoms with Crippen molar-refractivity contribution in [1.82, 2.24) is 14.8 Å². The second kappa shape index (κ2) is 14.3. The summed E-state index contributed by atoms with van der Waals surface area (Å²) in [6.07, 6.45) is 0. The second-order valence-corrected chi connectivity index (χ2v) is 13.3. The molecule has 1 aliphatic heterocycles. The van der Waals surface area contributed by atoms with Gasteiger partial charge in [0.15, 0.2) is 11.5 Å². The lowest BCUT2D eigenvalue weighted by molar-refractivity contribution is -0.113. The Kier molecular flexibility index (Phi) is 9.91. The Balaban J connectivity index is 1.39. The summed E-state index contributed by atoms with van der Waals surface area (Å²) < 4.78 is 14.6. The zero-order valence-electron chi connectivity index (χ0n) is 26.3. The third kappa shape index (κ3) is 7.05. The number of fused-ring (bicyclic) bond motifs is 1. The lowest BCUT2D eigenvalue weighted by atomic mass is 9.94. The van der Waals surface area contributed by atoms with Crippen molar-refractivity contribution in [3.63, 3.8) is 0 Å². The Morgan fingerprint density at radius 2 is 1.70 bits per heavy atom. The third-order valence-corrected chi connectivity index (χ3v) is 9.83. The number of methoxy groups -OCH3 is 1. The first kappa shape index (κ1) is 32.7. The Hall–Kier alpha value is -4.25. The minimum Gasteiger partial charge on any atom is -0.493 e. The minimum absolute atomic E-state index is 0.254. The van der Waals surface area contributed by atoms with Crippen LogP contribution in [0.2, 0.25) is 5.02 Å². The number of aromatic nitrogens is 3. The van der Waals surface area contributed by atoms with Crippen LogP contribution in [-0.2, 0) is 17.2 Å². The summed E-state index contributed by atoms with van der Waals surface area (Å²) in [5, 5.41) is 12.6. The Morgan fingerprint density at radius 3 is 2.43 bits per heavy atom. The summed E-state index contributed by atoms with van der Waals surface area (Å²) in [5.74, 6) is 1.95. The monoisotopic (exact) mass is 729 g/mol. The van der Waals surface area contributed by atoms with E-state index in [-0.39, 0.29) is 5.91 Å². The molecule has 240 valence electrons. The SMILES string of the molecule is COc1cc(C2C(C(=O)Nc3ccccc3C)=C(C)Nc3nc(SCc4ccccc4Cl)nn32)cc(Br)c1OCc1ccccc1C. The largest absolute Gasteiger partial charge is 0.493 e. The molecule has 11 heteroatoms. The second-order valence-electron chi connectivity index (χ2n) is 11.1. The molecule has 1 unspecified atom stereocenters. The van der Waals surface area contributed by atoms with Crippen molar-refractivity contribution in [1.29, 1.82) is 0 Å². The van der Waals surface area contributed by atoms with Crippen molar-refractivity contribution in [2.45, 2.75) is 44.3 Å². The Morgan fingerprint density at radius 1 is 1.00 bits per heavy atom. The molecule has 0 spiro atoms. The van der Waals surface area contributed by atoms with Crippen molar-refractivity contribution in [2.24, 2.45) is 0 Å². The van der Waals surface area contributed by atoms with Gasteiger partial charge in [-0.3, -0.25) is 4.79 Å². The van der Waals surface area contributed by atoms with E-state index >= 15 is 0 Å². The van der Waals surface area contributed by atoms with Gasteiger partial charge in [0, 0.05) is 22.2 Å². The van der Waals surface area contributed by atoms with Gasteiger partial charge in [0.2, 0.25) is 11.1 Å². The normalized spacial score (nSPS) is 14.0.